The Labute approximate surface area is 95.6 Å². The van der Waals surface area contributed by atoms with E-state index >= 15 is 0 Å². The Hall–Kier alpha value is -1.64. The second kappa shape index (κ2) is 5.45. The number of rotatable bonds is 3. The second-order valence-electron chi connectivity index (χ2n) is 4.10. The molecule has 1 heterocycles. The molecule has 1 aromatic rings. The van der Waals surface area contributed by atoms with E-state index in [4.69, 9.17) is 0 Å². The zero-order valence-electron chi connectivity index (χ0n) is 9.23. The maximum absolute atomic E-state index is 11.6. The fourth-order valence-electron chi connectivity index (χ4n) is 1.97. The quantitative estimate of drug-likeness (QED) is 0.787. The van der Waals surface area contributed by atoms with Crippen LogP contribution in [0.15, 0.2) is 30.6 Å². The van der Waals surface area contributed by atoms with Crippen LogP contribution in [0, 0.1) is 0 Å². The van der Waals surface area contributed by atoms with E-state index in [0.717, 1.165) is 18.4 Å². The molecule has 0 saturated heterocycles. The molecule has 0 aliphatic heterocycles. The normalized spacial score (nSPS) is 16.8. The van der Waals surface area contributed by atoms with E-state index in [-0.39, 0.29) is 5.91 Å². The van der Waals surface area contributed by atoms with Gasteiger partial charge in [-0.25, -0.2) is 0 Å². The molecule has 0 radical (unpaired) electrons. The van der Waals surface area contributed by atoms with Crippen molar-refractivity contribution in [3.63, 3.8) is 0 Å². The molecule has 0 unspecified atom stereocenters. The van der Waals surface area contributed by atoms with E-state index in [2.05, 4.69) is 10.3 Å². The third-order valence-electron chi connectivity index (χ3n) is 2.83. The van der Waals surface area contributed by atoms with Crippen LogP contribution in [0.2, 0.25) is 0 Å². The number of hydrogen-bond acceptors (Lipinski definition) is 2. The molecule has 16 heavy (non-hydrogen) atoms. The van der Waals surface area contributed by atoms with Crippen molar-refractivity contribution in [1.82, 2.24) is 10.3 Å². The van der Waals surface area contributed by atoms with Gasteiger partial charge in [-0.3, -0.25) is 9.78 Å². The van der Waals surface area contributed by atoms with Crippen LogP contribution in [-0.2, 0) is 4.79 Å². The highest BCUT2D eigenvalue weighted by molar-refractivity contribution is 5.91. The zero-order chi connectivity index (χ0) is 11.2. The van der Waals surface area contributed by atoms with Crippen LogP contribution >= 0.6 is 0 Å². The summed E-state index contributed by atoms with van der Waals surface area (Å²) in [6.45, 7) is 0. The summed E-state index contributed by atoms with van der Waals surface area (Å²) in [4.78, 5) is 15.5. The van der Waals surface area contributed by atoms with Crippen LogP contribution in [0.25, 0.3) is 6.08 Å². The lowest BCUT2D eigenvalue weighted by Crippen LogP contribution is -2.30. The molecule has 3 heteroatoms. The SMILES string of the molecule is O=C(C=Cc1ccncc1)NC1CCCC1. The monoisotopic (exact) mass is 216 g/mol. The fourth-order valence-corrected chi connectivity index (χ4v) is 1.97. The molecule has 1 N–H and O–H groups in total. The Morgan fingerprint density at radius 1 is 1.31 bits per heavy atom. The van der Waals surface area contributed by atoms with Crippen LogP contribution in [0.4, 0.5) is 0 Å². The second-order valence-corrected chi connectivity index (χ2v) is 4.10. The molecule has 3 nitrogen and oxygen atoms in total. The minimum absolute atomic E-state index is 0.00344. The lowest BCUT2D eigenvalue weighted by molar-refractivity contribution is -0.117. The number of nitrogens with zero attached hydrogens (tertiary/aromatic N) is 1. The van der Waals surface area contributed by atoms with E-state index in [0.29, 0.717) is 6.04 Å². The highest BCUT2D eigenvalue weighted by Crippen LogP contribution is 2.17. The van der Waals surface area contributed by atoms with Gasteiger partial charge in [-0.15, -0.1) is 0 Å². The number of pyridine rings is 1. The van der Waals surface area contributed by atoms with Gasteiger partial charge >= 0.3 is 0 Å². The maximum Gasteiger partial charge on any atom is 0.244 e. The number of aromatic nitrogens is 1. The number of carbonyl (C=O) groups excluding carboxylic acids is 1. The van der Waals surface area contributed by atoms with Crippen molar-refractivity contribution in [2.24, 2.45) is 0 Å². The Morgan fingerprint density at radius 2 is 2.00 bits per heavy atom. The standard InChI is InChI=1S/C13H16N2O/c16-13(15-12-3-1-2-4-12)6-5-11-7-9-14-10-8-11/h5-10,12H,1-4H2,(H,15,16). The highest BCUT2D eigenvalue weighted by atomic mass is 16.1. The number of nitrogens with one attached hydrogen (secondary N) is 1. The molecule has 0 aromatic carbocycles. The van der Waals surface area contributed by atoms with Crippen LogP contribution < -0.4 is 5.32 Å². The minimum Gasteiger partial charge on any atom is -0.350 e. The molecule has 0 bridgehead atoms. The van der Waals surface area contributed by atoms with Gasteiger partial charge in [-0.2, -0.15) is 0 Å². The van der Waals surface area contributed by atoms with Gasteiger partial charge in [0, 0.05) is 24.5 Å². The molecule has 1 aliphatic rings. The summed E-state index contributed by atoms with van der Waals surface area (Å²) in [5.74, 6) is 0.00344. The van der Waals surface area contributed by atoms with Crippen LogP contribution in [0.3, 0.4) is 0 Å². The van der Waals surface area contributed by atoms with E-state index in [9.17, 15) is 4.79 Å². The smallest absolute Gasteiger partial charge is 0.244 e. The predicted octanol–water partition coefficient (Wildman–Crippen LogP) is 2.15. The van der Waals surface area contributed by atoms with Crippen molar-refractivity contribution < 1.29 is 4.79 Å². The third-order valence-corrected chi connectivity index (χ3v) is 2.83. The Bertz CT molecular complexity index is 367. The van der Waals surface area contributed by atoms with Crippen molar-refractivity contribution in [3.8, 4) is 0 Å². The van der Waals surface area contributed by atoms with Crippen molar-refractivity contribution >= 4 is 12.0 Å². The van der Waals surface area contributed by atoms with Crippen LogP contribution in [0.1, 0.15) is 31.2 Å². The molecule has 0 atom stereocenters. The molecule has 2 rings (SSSR count). The molecule has 84 valence electrons. The van der Waals surface area contributed by atoms with E-state index in [1.54, 1.807) is 18.5 Å². The van der Waals surface area contributed by atoms with Gasteiger partial charge in [0.15, 0.2) is 0 Å². The summed E-state index contributed by atoms with van der Waals surface area (Å²) < 4.78 is 0. The summed E-state index contributed by atoms with van der Waals surface area (Å²) in [6.07, 6.45) is 11.5. The first-order valence-electron chi connectivity index (χ1n) is 5.73. The molecule has 0 spiro atoms. The fraction of sp³-hybridized carbons (Fsp3) is 0.385. The van der Waals surface area contributed by atoms with Crippen LogP contribution in [0.5, 0.6) is 0 Å². The average Bonchev–Trinajstić information content (AvgIpc) is 2.81. The van der Waals surface area contributed by atoms with E-state index < -0.39 is 0 Å². The molecular weight excluding hydrogens is 200 g/mol. The number of hydrogen-bond donors (Lipinski definition) is 1. The third kappa shape index (κ3) is 3.19. The van der Waals surface area contributed by atoms with Gasteiger partial charge in [0.25, 0.3) is 0 Å². The lowest BCUT2D eigenvalue weighted by atomic mass is 10.2. The first-order chi connectivity index (χ1) is 7.84. The van der Waals surface area contributed by atoms with Gasteiger partial charge in [0.05, 0.1) is 0 Å². The average molecular weight is 216 g/mol. The van der Waals surface area contributed by atoms with Crippen molar-refractivity contribution in [3.05, 3.63) is 36.2 Å². The Kier molecular flexibility index (Phi) is 3.70. The van der Waals surface area contributed by atoms with E-state index in [1.807, 2.05) is 18.2 Å². The largest absolute Gasteiger partial charge is 0.350 e. The van der Waals surface area contributed by atoms with Crippen molar-refractivity contribution in [2.75, 3.05) is 0 Å². The molecule has 1 aromatic heterocycles. The van der Waals surface area contributed by atoms with Gasteiger partial charge in [0.1, 0.15) is 0 Å². The summed E-state index contributed by atoms with van der Waals surface area (Å²) in [7, 11) is 0. The maximum atomic E-state index is 11.6. The molecule has 1 fully saturated rings. The van der Waals surface area contributed by atoms with Gasteiger partial charge in [-0.05, 0) is 36.6 Å². The minimum atomic E-state index is 0.00344. The Balaban J connectivity index is 1.84. The lowest BCUT2D eigenvalue weighted by Gasteiger charge is -2.08. The van der Waals surface area contributed by atoms with Crippen molar-refractivity contribution in [1.29, 1.82) is 0 Å². The van der Waals surface area contributed by atoms with Gasteiger partial charge < -0.3 is 5.32 Å². The first-order valence-corrected chi connectivity index (χ1v) is 5.73. The zero-order valence-corrected chi connectivity index (χ0v) is 9.23. The molecule has 1 aliphatic carbocycles. The highest BCUT2D eigenvalue weighted by Gasteiger charge is 2.15. The molecule has 1 saturated carbocycles. The van der Waals surface area contributed by atoms with Gasteiger partial charge in [0.2, 0.25) is 5.91 Å². The summed E-state index contributed by atoms with van der Waals surface area (Å²) in [5, 5.41) is 3.01. The number of amides is 1. The molecule has 1 amide bonds. The first kappa shape index (κ1) is 10.9. The van der Waals surface area contributed by atoms with Crippen LogP contribution in [-0.4, -0.2) is 16.9 Å². The van der Waals surface area contributed by atoms with E-state index in [1.165, 1.54) is 12.8 Å². The summed E-state index contributed by atoms with van der Waals surface area (Å²) in [6, 6.07) is 4.13. The number of carbonyl (C=O) groups is 1. The summed E-state index contributed by atoms with van der Waals surface area (Å²) >= 11 is 0. The van der Waals surface area contributed by atoms with Crippen molar-refractivity contribution in [2.45, 2.75) is 31.7 Å². The summed E-state index contributed by atoms with van der Waals surface area (Å²) in [5.41, 5.74) is 0.997. The predicted molar refractivity (Wildman–Crippen MR) is 63.7 cm³/mol. The van der Waals surface area contributed by atoms with Gasteiger partial charge in [-0.1, -0.05) is 12.8 Å². The Morgan fingerprint density at radius 3 is 2.69 bits per heavy atom. The molecular formula is C13H16N2O. The topological polar surface area (TPSA) is 42.0 Å².